The van der Waals surface area contributed by atoms with E-state index in [1.165, 1.54) is 17.9 Å². The number of hydrogen-bond acceptors (Lipinski definition) is 6. The van der Waals surface area contributed by atoms with Gasteiger partial charge in [-0.1, -0.05) is 12.1 Å². The minimum Gasteiger partial charge on any atom is -0.468 e. The number of halogens is 1. The van der Waals surface area contributed by atoms with E-state index in [2.05, 4.69) is 25.6 Å². The number of rotatable bonds is 7. The van der Waals surface area contributed by atoms with Gasteiger partial charge in [-0.3, -0.25) is 23.7 Å². The Bertz CT molecular complexity index is 1420. The molecule has 0 radical (unpaired) electrons. The smallest absolute Gasteiger partial charge is 0.325 e. The van der Waals surface area contributed by atoms with Gasteiger partial charge in [-0.15, -0.1) is 0 Å². The number of methoxy groups -OCH3 is 1. The fourth-order valence-corrected chi connectivity index (χ4v) is 3.82. The maximum atomic E-state index is 15.0. The zero-order valence-corrected chi connectivity index (χ0v) is 18.9. The van der Waals surface area contributed by atoms with Crippen LogP contribution in [-0.4, -0.2) is 57.5 Å². The van der Waals surface area contributed by atoms with Crippen LogP contribution >= 0.6 is 0 Å². The van der Waals surface area contributed by atoms with Crippen LogP contribution in [0.4, 0.5) is 4.39 Å². The first-order chi connectivity index (χ1) is 16.3. The molecule has 2 amide bonds. The van der Waals surface area contributed by atoms with Gasteiger partial charge in [-0.25, -0.2) is 4.39 Å². The minimum absolute atomic E-state index is 0.138. The predicted molar refractivity (Wildman–Crippen MR) is 122 cm³/mol. The second-order valence-electron chi connectivity index (χ2n) is 7.73. The fraction of sp³-hybridized carbons (Fsp3) is 0.261. The van der Waals surface area contributed by atoms with Crippen molar-refractivity contribution in [2.45, 2.75) is 13.5 Å². The van der Waals surface area contributed by atoms with E-state index in [4.69, 9.17) is 0 Å². The number of carbonyl (C=O) groups excluding carboxylic acids is 3. The van der Waals surface area contributed by atoms with E-state index >= 15 is 4.39 Å². The Morgan fingerprint density at radius 1 is 1.06 bits per heavy atom. The molecule has 0 aliphatic heterocycles. The largest absolute Gasteiger partial charge is 0.468 e. The molecule has 2 heterocycles. The maximum Gasteiger partial charge on any atom is 0.325 e. The van der Waals surface area contributed by atoms with Crippen molar-refractivity contribution < 1.29 is 23.5 Å². The molecule has 0 saturated heterocycles. The Labute approximate surface area is 193 Å². The molecule has 4 rings (SSSR count). The van der Waals surface area contributed by atoms with Gasteiger partial charge in [0.05, 0.1) is 36.6 Å². The van der Waals surface area contributed by atoms with Gasteiger partial charge in [0.25, 0.3) is 0 Å². The zero-order chi connectivity index (χ0) is 24.4. The minimum atomic E-state index is -0.590. The van der Waals surface area contributed by atoms with Gasteiger partial charge in [0.1, 0.15) is 18.9 Å². The van der Waals surface area contributed by atoms with Crippen molar-refractivity contribution >= 4 is 39.6 Å². The van der Waals surface area contributed by atoms with E-state index in [9.17, 15) is 14.4 Å². The van der Waals surface area contributed by atoms with Crippen LogP contribution in [0.3, 0.4) is 0 Å². The van der Waals surface area contributed by atoms with Crippen LogP contribution in [0.25, 0.3) is 32.9 Å². The van der Waals surface area contributed by atoms with E-state index in [1.54, 1.807) is 43.0 Å². The summed E-state index contributed by atoms with van der Waals surface area (Å²) in [6, 6.07) is 8.60. The summed E-state index contributed by atoms with van der Waals surface area (Å²) >= 11 is 0. The molecule has 10 nitrogen and oxygen atoms in total. The first kappa shape index (κ1) is 22.9. The van der Waals surface area contributed by atoms with Gasteiger partial charge in [-0.2, -0.15) is 10.2 Å². The molecule has 176 valence electrons. The normalized spacial score (nSPS) is 11.1. The number of ether oxygens (including phenoxy) is 1. The average Bonchev–Trinajstić information content (AvgIpc) is 3.34. The lowest BCUT2D eigenvalue weighted by molar-refractivity contribution is -0.141. The third-order valence-electron chi connectivity index (χ3n) is 5.48. The summed E-state index contributed by atoms with van der Waals surface area (Å²) in [4.78, 5) is 35.3. The lowest BCUT2D eigenvalue weighted by atomic mass is 9.98. The Morgan fingerprint density at radius 3 is 2.59 bits per heavy atom. The number of nitrogens with zero attached hydrogens (tertiary/aromatic N) is 4. The third-order valence-corrected chi connectivity index (χ3v) is 5.48. The van der Waals surface area contributed by atoms with Crippen LogP contribution in [0.1, 0.15) is 5.69 Å². The topological polar surface area (TPSA) is 120 Å². The predicted octanol–water partition coefficient (Wildman–Crippen LogP) is 1.44. The number of benzene rings is 2. The van der Waals surface area contributed by atoms with Gasteiger partial charge in [0.15, 0.2) is 0 Å². The summed E-state index contributed by atoms with van der Waals surface area (Å²) in [6.07, 6.45) is 1.61. The van der Waals surface area contributed by atoms with E-state index in [0.717, 1.165) is 10.9 Å². The summed E-state index contributed by atoms with van der Waals surface area (Å²) in [5.74, 6) is -1.93. The van der Waals surface area contributed by atoms with Crippen LogP contribution in [-0.2, 0) is 32.7 Å². The molecule has 0 spiro atoms. The quantitative estimate of drug-likeness (QED) is 0.398. The van der Waals surface area contributed by atoms with Crippen molar-refractivity contribution in [3.63, 3.8) is 0 Å². The van der Waals surface area contributed by atoms with E-state index in [-0.39, 0.29) is 25.5 Å². The average molecular weight is 466 g/mol. The highest BCUT2D eigenvalue weighted by Crippen LogP contribution is 2.34. The molecule has 2 aromatic carbocycles. The summed E-state index contributed by atoms with van der Waals surface area (Å²) in [5.41, 5.74) is 3.16. The van der Waals surface area contributed by atoms with E-state index < -0.39 is 17.8 Å². The van der Waals surface area contributed by atoms with Gasteiger partial charge >= 0.3 is 5.97 Å². The molecule has 2 aromatic heterocycles. The summed E-state index contributed by atoms with van der Waals surface area (Å²) < 4.78 is 22.6. The van der Waals surface area contributed by atoms with Crippen molar-refractivity contribution in [3.05, 3.63) is 48.0 Å². The third kappa shape index (κ3) is 4.45. The van der Waals surface area contributed by atoms with Crippen LogP contribution in [0, 0.1) is 12.7 Å². The van der Waals surface area contributed by atoms with Gasteiger partial charge in [0, 0.05) is 23.4 Å². The molecule has 11 heteroatoms. The summed E-state index contributed by atoms with van der Waals surface area (Å²) in [5, 5.41) is 14.9. The standard InChI is InChI=1S/C23H23FN6O4/c1-13-23-15(16-8-19-14(7-17(16)24)9-27-29(19)2)5-4-6-18(23)30(28-13)12-21(32)25-10-20(31)26-11-22(33)34-3/h4-9H,10-12H2,1-3H3,(H,25,32)(H,26,31). The molecule has 0 fully saturated rings. The monoisotopic (exact) mass is 466 g/mol. The van der Waals surface area contributed by atoms with Crippen molar-refractivity contribution in [1.29, 1.82) is 0 Å². The number of hydrogen-bond donors (Lipinski definition) is 2. The number of carbonyl (C=O) groups is 3. The highest BCUT2D eigenvalue weighted by molar-refractivity contribution is 5.99. The van der Waals surface area contributed by atoms with Gasteiger partial charge < -0.3 is 15.4 Å². The first-order valence-electron chi connectivity index (χ1n) is 10.5. The highest BCUT2D eigenvalue weighted by atomic mass is 19.1. The Balaban J connectivity index is 1.57. The van der Waals surface area contributed by atoms with Gasteiger partial charge in [-0.05, 0) is 30.7 Å². The second kappa shape index (κ2) is 9.30. The second-order valence-corrected chi connectivity index (χ2v) is 7.73. The zero-order valence-electron chi connectivity index (χ0n) is 18.9. The number of esters is 1. The SMILES string of the molecule is COC(=O)CNC(=O)CNC(=O)Cn1nc(C)c2c(-c3cc4c(cnn4C)cc3F)cccc21. The summed E-state index contributed by atoms with van der Waals surface area (Å²) in [6.45, 7) is 1.08. The number of nitrogens with one attached hydrogen (secondary N) is 2. The molecule has 2 N–H and O–H groups in total. The number of fused-ring (bicyclic) bond motifs is 2. The van der Waals surface area contributed by atoms with Crippen molar-refractivity contribution in [3.8, 4) is 11.1 Å². The molecular weight excluding hydrogens is 443 g/mol. The molecular formula is C23H23FN6O4. The van der Waals surface area contributed by atoms with E-state index in [0.29, 0.717) is 27.7 Å². The first-order valence-corrected chi connectivity index (χ1v) is 10.5. The Morgan fingerprint density at radius 2 is 1.82 bits per heavy atom. The van der Waals surface area contributed by atoms with E-state index in [1.807, 2.05) is 6.07 Å². The van der Waals surface area contributed by atoms with Crippen molar-refractivity contribution in [2.75, 3.05) is 20.2 Å². The van der Waals surface area contributed by atoms with Crippen molar-refractivity contribution in [1.82, 2.24) is 30.2 Å². The van der Waals surface area contributed by atoms with Crippen molar-refractivity contribution in [2.24, 2.45) is 7.05 Å². The molecule has 0 aliphatic carbocycles. The number of amides is 2. The van der Waals surface area contributed by atoms with Crippen LogP contribution in [0.5, 0.6) is 0 Å². The molecule has 0 saturated carbocycles. The molecule has 4 aromatic rings. The molecule has 0 aliphatic rings. The molecule has 0 atom stereocenters. The highest BCUT2D eigenvalue weighted by Gasteiger charge is 2.18. The lowest BCUT2D eigenvalue weighted by Crippen LogP contribution is -2.40. The fourth-order valence-electron chi connectivity index (χ4n) is 3.82. The molecule has 34 heavy (non-hydrogen) atoms. The maximum absolute atomic E-state index is 15.0. The Kier molecular flexibility index (Phi) is 6.26. The number of aromatic nitrogens is 4. The van der Waals surface area contributed by atoms with Gasteiger partial charge in [0.2, 0.25) is 11.8 Å². The Hall–Kier alpha value is -4.28. The molecule has 0 unspecified atom stereocenters. The van der Waals surface area contributed by atoms with Crippen LogP contribution in [0.15, 0.2) is 36.5 Å². The summed E-state index contributed by atoms with van der Waals surface area (Å²) in [7, 11) is 3.01. The van der Waals surface area contributed by atoms with Crippen LogP contribution in [0.2, 0.25) is 0 Å². The number of aryl methyl sites for hydroxylation is 2. The lowest BCUT2D eigenvalue weighted by Gasteiger charge is -2.09. The molecule has 0 bridgehead atoms. The van der Waals surface area contributed by atoms with Crippen LogP contribution < -0.4 is 10.6 Å².